The minimum atomic E-state index is -2.82. The molecule has 0 spiro atoms. The lowest BCUT2D eigenvalue weighted by molar-refractivity contribution is 0.669. The number of aromatic nitrogens is 1. The minimum Gasteiger partial charge on any atom is -0.456 e. The van der Waals surface area contributed by atoms with Crippen LogP contribution in [0, 0.1) is 0 Å². The Labute approximate surface area is 262 Å². The second-order valence-electron chi connectivity index (χ2n) is 11.7. The SMILES string of the molecule is c1ccc(-n2c3ccccc3c3ccc([Si](c4ccccc4)(c4ccccc4)c4ccc5oc6ccccc6c5c4)cc32)cc1. The largest absolute Gasteiger partial charge is 0.456 e. The molecule has 0 radical (unpaired) electrons. The van der Waals surface area contributed by atoms with E-state index >= 15 is 0 Å². The molecule has 0 unspecified atom stereocenters. The van der Waals surface area contributed by atoms with Crippen LogP contribution in [0.3, 0.4) is 0 Å². The number of hydrogen-bond donors (Lipinski definition) is 0. The van der Waals surface area contributed by atoms with E-state index in [1.807, 2.05) is 6.07 Å². The lowest BCUT2D eigenvalue weighted by Crippen LogP contribution is -2.74. The summed E-state index contributed by atoms with van der Waals surface area (Å²) >= 11 is 0. The van der Waals surface area contributed by atoms with E-state index in [0.29, 0.717) is 0 Å². The van der Waals surface area contributed by atoms with Gasteiger partial charge in [-0.1, -0.05) is 140 Å². The van der Waals surface area contributed by atoms with Crippen LogP contribution in [-0.4, -0.2) is 12.6 Å². The molecule has 45 heavy (non-hydrogen) atoms. The summed E-state index contributed by atoms with van der Waals surface area (Å²) in [5.41, 5.74) is 5.44. The highest BCUT2D eigenvalue weighted by molar-refractivity contribution is 7.20. The van der Waals surface area contributed by atoms with Crippen molar-refractivity contribution >= 4 is 72.6 Å². The molecule has 0 fully saturated rings. The summed E-state index contributed by atoms with van der Waals surface area (Å²) in [5, 5.41) is 10.2. The van der Waals surface area contributed by atoms with Gasteiger partial charge in [0.15, 0.2) is 8.07 Å². The second-order valence-corrected chi connectivity index (χ2v) is 15.5. The summed E-state index contributed by atoms with van der Waals surface area (Å²) in [6.07, 6.45) is 0. The maximum Gasteiger partial charge on any atom is 0.179 e. The third-order valence-corrected chi connectivity index (χ3v) is 14.1. The molecule has 0 aliphatic heterocycles. The first-order chi connectivity index (χ1) is 22.3. The zero-order valence-electron chi connectivity index (χ0n) is 24.6. The van der Waals surface area contributed by atoms with E-state index in [9.17, 15) is 0 Å². The predicted octanol–water partition coefficient (Wildman–Crippen LogP) is 8.06. The summed E-state index contributed by atoms with van der Waals surface area (Å²) in [6.45, 7) is 0. The molecular formula is C42H29NOSi. The fourth-order valence-corrected chi connectivity index (χ4v) is 12.2. The molecule has 0 N–H and O–H groups in total. The standard InChI is InChI=1S/C42H29NOSi/c1-4-14-30(15-5-1)43-39-22-12-10-20-35(39)36-26-24-34(29-40(36)43)45(31-16-6-2-7-17-31,32-18-8-3-9-19-32)33-25-27-42-38(28-33)37-21-11-13-23-41(37)44-42/h1-29H. The van der Waals surface area contributed by atoms with E-state index in [4.69, 9.17) is 4.42 Å². The monoisotopic (exact) mass is 591 g/mol. The Balaban J connectivity index is 1.43. The zero-order chi connectivity index (χ0) is 29.8. The average Bonchev–Trinajstić information content (AvgIpc) is 3.65. The fraction of sp³-hybridized carbons (Fsp3) is 0. The maximum absolute atomic E-state index is 6.31. The topological polar surface area (TPSA) is 18.1 Å². The molecule has 0 atom stereocenters. The quantitative estimate of drug-likeness (QED) is 0.146. The van der Waals surface area contributed by atoms with Crippen molar-refractivity contribution in [2.75, 3.05) is 0 Å². The molecule has 212 valence electrons. The molecule has 9 rings (SSSR count). The highest BCUT2D eigenvalue weighted by Gasteiger charge is 2.42. The summed E-state index contributed by atoms with van der Waals surface area (Å²) in [4.78, 5) is 0. The first-order valence-electron chi connectivity index (χ1n) is 15.4. The molecule has 0 aliphatic carbocycles. The van der Waals surface area contributed by atoms with Crippen molar-refractivity contribution in [1.82, 2.24) is 4.57 Å². The zero-order valence-corrected chi connectivity index (χ0v) is 25.6. The Hall–Kier alpha value is -5.64. The normalized spacial score (nSPS) is 12.0. The van der Waals surface area contributed by atoms with Crippen molar-refractivity contribution in [1.29, 1.82) is 0 Å². The predicted molar refractivity (Wildman–Crippen MR) is 192 cm³/mol. The van der Waals surface area contributed by atoms with Gasteiger partial charge in [-0.15, -0.1) is 0 Å². The van der Waals surface area contributed by atoms with Crippen LogP contribution < -0.4 is 20.7 Å². The Morgan fingerprint density at radius 2 is 0.889 bits per heavy atom. The van der Waals surface area contributed by atoms with E-state index in [2.05, 4.69) is 174 Å². The van der Waals surface area contributed by atoms with E-state index in [1.54, 1.807) is 0 Å². The van der Waals surface area contributed by atoms with Crippen LogP contribution in [-0.2, 0) is 0 Å². The van der Waals surface area contributed by atoms with Gasteiger partial charge >= 0.3 is 0 Å². The lowest BCUT2D eigenvalue weighted by atomic mass is 10.1. The van der Waals surface area contributed by atoms with Gasteiger partial charge in [-0.05, 0) is 57.1 Å². The molecule has 0 saturated heterocycles. The number of hydrogen-bond acceptors (Lipinski definition) is 1. The number of benzene rings is 7. The van der Waals surface area contributed by atoms with E-state index in [1.165, 1.54) is 48.2 Å². The van der Waals surface area contributed by atoms with Crippen LogP contribution in [0.25, 0.3) is 49.4 Å². The van der Waals surface area contributed by atoms with Crippen molar-refractivity contribution < 1.29 is 4.42 Å². The fourth-order valence-electron chi connectivity index (χ4n) is 7.39. The van der Waals surface area contributed by atoms with Gasteiger partial charge in [-0.25, -0.2) is 0 Å². The minimum absolute atomic E-state index is 0.920. The molecular weight excluding hydrogens is 563 g/mol. The highest BCUT2D eigenvalue weighted by Crippen LogP contribution is 2.32. The summed E-state index contributed by atoms with van der Waals surface area (Å²) in [7, 11) is -2.82. The molecule has 0 bridgehead atoms. The first kappa shape index (κ1) is 25.8. The van der Waals surface area contributed by atoms with Crippen molar-refractivity contribution in [2.24, 2.45) is 0 Å². The molecule has 3 heteroatoms. The number of fused-ring (bicyclic) bond motifs is 6. The van der Waals surface area contributed by atoms with Crippen molar-refractivity contribution in [3.8, 4) is 5.69 Å². The van der Waals surface area contributed by atoms with Crippen molar-refractivity contribution in [3.63, 3.8) is 0 Å². The van der Waals surface area contributed by atoms with Crippen LogP contribution in [0.1, 0.15) is 0 Å². The second kappa shape index (κ2) is 10.2. The molecule has 0 amide bonds. The lowest BCUT2D eigenvalue weighted by Gasteiger charge is -2.34. The summed E-state index contributed by atoms with van der Waals surface area (Å²) in [5.74, 6) is 0. The van der Waals surface area contributed by atoms with Gasteiger partial charge in [0.25, 0.3) is 0 Å². The van der Waals surface area contributed by atoms with Gasteiger partial charge in [0.2, 0.25) is 0 Å². The third kappa shape index (κ3) is 3.88. The summed E-state index contributed by atoms with van der Waals surface area (Å²) < 4.78 is 8.73. The maximum atomic E-state index is 6.31. The Kier molecular flexibility index (Phi) is 5.87. The first-order valence-corrected chi connectivity index (χ1v) is 17.4. The smallest absolute Gasteiger partial charge is 0.179 e. The van der Waals surface area contributed by atoms with Crippen LogP contribution in [0.2, 0.25) is 0 Å². The van der Waals surface area contributed by atoms with Gasteiger partial charge in [0.05, 0.1) is 11.0 Å². The molecule has 2 nitrogen and oxygen atoms in total. The number of rotatable bonds is 5. The van der Waals surface area contributed by atoms with Crippen LogP contribution in [0.15, 0.2) is 180 Å². The van der Waals surface area contributed by atoms with Gasteiger partial charge in [-0.2, -0.15) is 0 Å². The molecule has 7 aromatic carbocycles. The van der Waals surface area contributed by atoms with Gasteiger partial charge < -0.3 is 8.98 Å². The van der Waals surface area contributed by atoms with E-state index < -0.39 is 8.07 Å². The van der Waals surface area contributed by atoms with Gasteiger partial charge in [0, 0.05) is 27.2 Å². The molecule has 0 aliphatic rings. The Morgan fingerprint density at radius 3 is 1.62 bits per heavy atom. The van der Waals surface area contributed by atoms with Gasteiger partial charge in [-0.3, -0.25) is 0 Å². The highest BCUT2D eigenvalue weighted by atomic mass is 28.3. The Morgan fingerprint density at radius 1 is 0.356 bits per heavy atom. The third-order valence-electron chi connectivity index (χ3n) is 9.34. The molecule has 9 aromatic rings. The number of para-hydroxylation sites is 3. The van der Waals surface area contributed by atoms with E-state index in [0.717, 1.165) is 21.9 Å². The molecule has 2 heterocycles. The average molecular weight is 592 g/mol. The van der Waals surface area contributed by atoms with Crippen LogP contribution in [0.5, 0.6) is 0 Å². The molecule has 2 aromatic heterocycles. The number of nitrogens with zero attached hydrogens (tertiary/aromatic N) is 1. The molecule has 0 saturated carbocycles. The van der Waals surface area contributed by atoms with Gasteiger partial charge in [0.1, 0.15) is 11.2 Å². The van der Waals surface area contributed by atoms with Crippen LogP contribution >= 0.6 is 0 Å². The number of furan rings is 1. The van der Waals surface area contributed by atoms with E-state index in [-0.39, 0.29) is 0 Å². The Bertz CT molecular complexity index is 2440. The van der Waals surface area contributed by atoms with Crippen LogP contribution in [0.4, 0.5) is 0 Å². The van der Waals surface area contributed by atoms with Crippen molar-refractivity contribution in [2.45, 2.75) is 0 Å². The summed E-state index contributed by atoms with van der Waals surface area (Å²) in [6, 6.07) is 64.3. The van der Waals surface area contributed by atoms with Crippen molar-refractivity contribution in [3.05, 3.63) is 176 Å².